The Morgan fingerprint density at radius 3 is 2.40 bits per heavy atom. The molecule has 0 bridgehead atoms. The van der Waals surface area contributed by atoms with Crippen molar-refractivity contribution in [2.24, 2.45) is 5.41 Å². The third-order valence-corrected chi connectivity index (χ3v) is 4.51. The second kappa shape index (κ2) is 7.45. The number of halogens is 1. The van der Waals surface area contributed by atoms with E-state index in [1.807, 2.05) is 6.08 Å². The summed E-state index contributed by atoms with van der Waals surface area (Å²) >= 11 is 3.67. The Kier molecular flexibility index (Phi) is 6.58. The molecular formula is C13H23BrO. The van der Waals surface area contributed by atoms with E-state index in [0.29, 0.717) is 5.41 Å². The fraction of sp³-hybridized carbons (Fsp3) is 0.846. The molecule has 1 rings (SSSR count). The maximum Gasteiger partial charge on any atom is 0.0530 e. The first-order valence-electron chi connectivity index (χ1n) is 6.08. The zero-order valence-corrected chi connectivity index (χ0v) is 11.2. The average molecular weight is 275 g/mol. The van der Waals surface area contributed by atoms with Crippen LogP contribution in [-0.2, 0) is 4.74 Å². The average Bonchev–Trinajstić information content (AvgIpc) is 2.51. The Balaban J connectivity index is 2.32. The largest absolute Gasteiger partial charge is 0.381 e. The molecule has 0 unspecified atom stereocenters. The minimum absolute atomic E-state index is 0.414. The number of hydrogen-bond donors (Lipinski definition) is 0. The first-order valence-corrected chi connectivity index (χ1v) is 7.20. The van der Waals surface area contributed by atoms with Gasteiger partial charge in [0.1, 0.15) is 0 Å². The first kappa shape index (κ1) is 13.2. The quantitative estimate of drug-likeness (QED) is 0.304. The van der Waals surface area contributed by atoms with Crippen molar-refractivity contribution in [2.45, 2.75) is 44.9 Å². The summed E-state index contributed by atoms with van der Waals surface area (Å²) in [7, 11) is 0. The lowest BCUT2D eigenvalue weighted by atomic mass is 9.83. The maximum absolute atomic E-state index is 5.76. The van der Waals surface area contributed by atoms with Crippen LogP contribution in [0.1, 0.15) is 44.9 Å². The van der Waals surface area contributed by atoms with Crippen LogP contribution in [0.3, 0.4) is 0 Å². The molecule has 0 spiro atoms. The third kappa shape index (κ3) is 4.69. The van der Waals surface area contributed by atoms with Gasteiger partial charge in [-0.2, -0.15) is 0 Å². The van der Waals surface area contributed by atoms with Crippen LogP contribution >= 0.6 is 15.9 Å². The van der Waals surface area contributed by atoms with Gasteiger partial charge in [0, 0.05) is 10.7 Å². The molecule has 1 fully saturated rings. The van der Waals surface area contributed by atoms with E-state index >= 15 is 0 Å². The summed E-state index contributed by atoms with van der Waals surface area (Å²) in [6.07, 6.45) is 11.1. The standard InChI is InChI=1S/C13H23BrO/c1-2-3-10-15-12-13(11-14)8-6-4-5-7-9-13/h2H,1,3-12H2. The van der Waals surface area contributed by atoms with Gasteiger partial charge in [-0.25, -0.2) is 0 Å². The Hall–Kier alpha value is 0.180. The second-order valence-corrected chi connectivity index (χ2v) is 5.24. The minimum Gasteiger partial charge on any atom is -0.381 e. The Labute approximate surface area is 102 Å². The topological polar surface area (TPSA) is 9.23 Å². The molecule has 0 aromatic heterocycles. The van der Waals surface area contributed by atoms with Crippen LogP contribution in [-0.4, -0.2) is 18.5 Å². The summed E-state index contributed by atoms with van der Waals surface area (Å²) in [4.78, 5) is 0. The van der Waals surface area contributed by atoms with Gasteiger partial charge in [0.25, 0.3) is 0 Å². The summed E-state index contributed by atoms with van der Waals surface area (Å²) in [5, 5.41) is 1.09. The molecule has 1 aliphatic carbocycles. The Morgan fingerprint density at radius 2 is 1.87 bits per heavy atom. The molecule has 0 radical (unpaired) electrons. The van der Waals surface area contributed by atoms with Gasteiger partial charge >= 0.3 is 0 Å². The zero-order chi connectivity index (χ0) is 11.0. The Morgan fingerprint density at radius 1 is 1.20 bits per heavy atom. The molecule has 1 aliphatic rings. The zero-order valence-electron chi connectivity index (χ0n) is 9.64. The molecular weight excluding hydrogens is 252 g/mol. The van der Waals surface area contributed by atoms with Crippen molar-refractivity contribution in [2.75, 3.05) is 18.5 Å². The molecule has 2 heteroatoms. The van der Waals surface area contributed by atoms with Gasteiger partial charge in [0.05, 0.1) is 13.2 Å². The molecule has 1 nitrogen and oxygen atoms in total. The molecule has 0 atom stereocenters. The van der Waals surface area contributed by atoms with Crippen molar-refractivity contribution in [1.29, 1.82) is 0 Å². The van der Waals surface area contributed by atoms with E-state index in [9.17, 15) is 0 Å². The van der Waals surface area contributed by atoms with Crippen LogP contribution in [0, 0.1) is 5.41 Å². The molecule has 0 aliphatic heterocycles. The SMILES string of the molecule is C=CCCOCC1(CBr)CCCCCC1. The maximum atomic E-state index is 5.76. The molecule has 0 heterocycles. The van der Waals surface area contributed by atoms with Gasteiger partial charge in [-0.3, -0.25) is 0 Å². The first-order chi connectivity index (χ1) is 7.33. The molecule has 0 aromatic rings. The molecule has 1 saturated carbocycles. The summed E-state index contributed by atoms with van der Waals surface area (Å²) in [5.74, 6) is 0. The van der Waals surface area contributed by atoms with Crippen molar-refractivity contribution >= 4 is 15.9 Å². The van der Waals surface area contributed by atoms with E-state index in [0.717, 1.165) is 25.0 Å². The van der Waals surface area contributed by atoms with E-state index in [1.165, 1.54) is 38.5 Å². The van der Waals surface area contributed by atoms with Crippen molar-refractivity contribution in [3.63, 3.8) is 0 Å². The fourth-order valence-electron chi connectivity index (χ4n) is 2.25. The van der Waals surface area contributed by atoms with E-state index in [-0.39, 0.29) is 0 Å². The van der Waals surface area contributed by atoms with Gasteiger partial charge < -0.3 is 4.74 Å². The molecule has 0 N–H and O–H groups in total. The minimum atomic E-state index is 0.414. The monoisotopic (exact) mass is 274 g/mol. The van der Waals surface area contributed by atoms with E-state index < -0.39 is 0 Å². The van der Waals surface area contributed by atoms with Gasteiger partial charge in [0.15, 0.2) is 0 Å². The predicted molar refractivity (Wildman–Crippen MR) is 69.6 cm³/mol. The number of rotatable bonds is 6. The van der Waals surface area contributed by atoms with Gasteiger partial charge in [0.2, 0.25) is 0 Å². The normalized spacial score (nSPS) is 20.9. The highest BCUT2D eigenvalue weighted by molar-refractivity contribution is 9.09. The fourth-order valence-corrected chi connectivity index (χ4v) is 2.97. The van der Waals surface area contributed by atoms with Crippen LogP contribution in [0.15, 0.2) is 12.7 Å². The predicted octanol–water partition coefficient (Wildman–Crippen LogP) is 4.31. The lowest BCUT2D eigenvalue weighted by molar-refractivity contribution is 0.0501. The summed E-state index contributed by atoms with van der Waals surface area (Å²) in [5.41, 5.74) is 0.414. The van der Waals surface area contributed by atoms with Gasteiger partial charge in [-0.15, -0.1) is 6.58 Å². The Bertz CT molecular complexity index is 171. The second-order valence-electron chi connectivity index (χ2n) is 4.68. The highest BCUT2D eigenvalue weighted by Gasteiger charge is 2.29. The summed E-state index contributed by atoms with van der Waals surface area (Å²) in [6, 6.07) is 0. The third-order valence-electron chi connectivity index (χ3n) is 3.32. The summed E-state index contributed by atoms with van der Waals surface area (Å²) in [6.45, 7) is 5.46. The number of hydrogen-bond acceptors (Lipinski definition) is 1. The van der Waals surface area contributed by atoms with Gasteiger partial charge in [-0.05, 0) is 19.3 Å². The number of ether oxygens (including phenoxy) is 1. The molecule has 0 saturated heterocycles. The van der Waals surface area contributed by atoms with Crippen LogP contribution in [0.2, 0.25) is 0 Å². The smallest absolute Gasteiger partial charge is 0.0530 e. The van der Waals surface area contributed by atoms with E-state index in [2.05, 4.69) is 22.5 Å². The van der Waals surface area contributed by atoms with Crippen LogP contribution in [0.25, 0.3) is 0 Å². The van der Waals surface area contributed by atoms with Crippen molar-refractivity contribution in [3.05, 3.63) is 12.7 Å². The van der Waals surface area contributed by atoms with Crippen LogP contribution < -0.4 is 0 Å². The lowest BCUT2D eigenvalue weighted by Gasteiger charge is -2.30. The lowest BCUT2D eigenvalue weighted by Crippen LogP contribution is -2.28. The molecule has 15 heavy (non-hydrogen) atoms. The van der Waals surface area contributed by atoms with E-state index in [1.54, 1.807) is 0 Å². The van der Waals surface area contributed by atoms with Crippen LogP contribution in [0.4, 0.5) is 0 Å². The molecule has 88 valence electrons. The summed E-state index contributed by atoms with van der Waals surface area (Å²) < 4.78 is 5.76. The van der Waals surface area contributed by atoms with Crippen LogP contribution in [0.5, 0.6) is 0 Å². The highest BCUT2D eigenvalue weighted by atomic mass is 79.9. The van der Waals surface area contributed by atoms with E-state index in [4.69, 9.17) is 4.74 Å². The molecule has 0 amide bonds. The van der Waals surface area contributed by atoms with Crippen molar-refractivity contribution in [3.8, 4) is 0 Å². The van der Waals surface area contributed by atoms with Gasteiger partial charge in [-0.1, -0.05) is 47.7 Å². The number of alkyl halides is 1. The molecule has 0 aromatic carbocycles. The van der Waals surface area contributed by atoms with Crippen molar-refractivity contribution in [1.82, 2.24) is 0 Å². The van der Waals surface area contributed by atoms with Crippen molar-refractivity contribution < 1.29 is 4.74 Å². The highest BCUT2D eigenvalue weighted by Crippen LogP contribution is 2.36.